The highest BCUT2D eigenvalue weighted by Gasteiger charge is 2.24. The summed E-state index contributed by atoms with van der Waals surface area (Å²) < 4.78 is 0. The van der Waals surface area contributed by atoms with Gasteiger partial charge in [0.15, 0.2) is 0 Å². The standard InChI is InChI=1S/C15H23N3O/c1-2-12(11-7-4-3-5-8-11)18-15(19)13-9-6-10-14(16)17-13/h6,9-12H,2-5,7-8H2,1H3,(H2,16,17)(H,18,19). The summed E-state index contributed by atoms with van der Waals surface area (Å²) in [7, 11) is 0. The molecule has 1 amide bonds. The summed E-state index contributed by atoms with van der Waals surface area (Å²) in [5, 5.41) is 3.12. The Morgan fingerprint density at radius 2 is 2.16 bits per heavy atom. The molecule has 4 nitrogen and oxygen atoms in total. The Morgan fingerprint density at radius 1 is 1.42 bits per heavy atom. The van der Waals surface area contributed by atoms with Crippen molar-refractivity contribution in [2.45, 2.75) is 51.5 Å². The molecule has 0 aliphatic heterocycles. The van der Waals surface area contributed by atoms with Crippen LogP contribution in [0, 0.1) is 5.92 Å². The molecule has 1 atom stereocenters. The first-order chi connectivity index (χ1) is 9.20. The van der Waals surface area contributed by atoms with Gasteiger partial charge in [-0.1, -0.05) is 32.3 Å². The molecule has 0 spiro atoms. The van der Waals surface area contributed by atoms with E-state index >= 15 is 0 Å². The van der Waals surface area contributed by atoms with Gasteiger partial charge < -0.3 is 11.1 Å². The van der Waals surface area contributed by atoms with E-state index in [4.69, 9.17) is 5.73 Å². The summed E-state index contributed by atoms with van der Waals surface area (Å²) in [6.07, 6.45) is 7.32. The lowest BCUT2D eigenvalue weighted by Crippen LogP contribution is -2.41. The Kier molecular flexibility index (Phi) is 4.77. The molecule has 1 aromatic heterocycles. The molecule has 0 saturated heterocycles. The third-order valence-corrected chi connectivity index (χ3v) is 3.98. The van der Waals surface area contributed by atoms with Crippen molar-refractivity contribution in [2.24, 2.45) is 5.92 Å². The molecule has 104 valence electrons. The Morgan fingerprint density at radius 3 is 2.79 bits per heavy atom. The van der Waals surface area contributed by atoms with Gasteiger partial charge in [-0.05, 0) is 37.3 Å². The zero-order valence-corrected chi connectivity index (χ0v) is 11.6. The average molecular weight is 261 g/mol. The zero-order valence-electron chi connectivity index (χ0n) is 11.6. The van der Waals surface area contributed by atoms with Crippen LogP contribution >= 0.6 is 0 Å². The molecule has 3 N–H and O–H groups in total. The van der Waals surface area contributed by atoms with Crippen molar-refractivity contribution in [2.75, 3.05) is 5.73 Å². The molecule has 1 fully saturated rings. The predicted molar refractivity (Wildman–Crippen MR) is 76.8 cm³/mol. The van der Waals surface area contributed by atoms with Crippen LogP contribution in [0.1, 0.15) is 55.9 Å². The Hall–Kier alpha value is -1.58. The van der Waals surface area contributed by atoms with E-state index in [1.54, 1.807) is 18.2 Å². The molecule has 1 aromatic rings. The first-order valence-electron chi connectivity index (χ1n) is 7.24. The second-order valence-electron chi connectivity index (χ2n) is 5.33. The zero-order chi connectivity index (χ0) is 13.7. The summed E-state index contributed by atoms with van der Waals surface area (Å²) in [5.41, 5.74) is 6.02. The maximum absolute atomic E-state index is 12.2. The molecule has 1 aliphatic rings. The SMILES string of the molecule is CCC(NC(=O)c1cccc(N)n1)C1CCCCC1. The van der Waals surface area contributed by atoms with Gasteiger partial charge in [0.2, 0.25) is 0 Å². The summed E-state index contributed by atoms with van der Waals surface area (Å²) >= 11 is 0. The van der Waals surface area contributed by atoms with Crippen LogP contribution in [0.5, 0.6) is 0 Å². The van der Waals surface area contributed by atoms with Crippen molar-refractivity contribution in [1.82, 2.24) is 10.3 Å². The average Bonchev–Trinajstić information content (AvgIpc) is 2.45. The molecular formula is C15H23N3O. The maximum atomic E-state index is 12.2. The fraction of sp³-hybridized carbons (Fsp3) is 0.600. The highest BCUT2D eigenvalue weighted by molar-refractivity contribution is 5.92. The van der Waals surface area contributed by atoms with Gasteiger partial charge in [-0.25, -0.2) is 4.98 Å². The fourth-order valence-electron chi connectivity index (χ4n) is 2.91. The number of nitrogens with two attached hydrogens (primary N) is 1. The highest BCUT2D eigenvalue weighted by Crippen LogP contribution is 2.27. The third-order valence-electron chi connectivity index (χ3n) is 3.98. The number of hydrogen-bond donors (Lipinski definition) is 2. The van der Waals surface area contributed by atoms with Gasteiger partial charge in [-0.3, -0.25) is 4.79 Å². The number of amides is 1. The quantitative estimate of drug-likeness (QED) is 0.875. The summed E-state index contributed by atoms with van der Waals surface area (Å²) in [6.45, 7) is 2.13. The van der Waals surface area contributed by atoms with Crippen LogP contribution in [0.2, 0.25) is 0 Å². The molecule has 1 heterocycles. The van der Waals surface area contributed by atoms with Crippen LogP contribution in [0.25, 0.3) is 0 Å². The Labute approximate surface area is 114 Å². The van der Waals surface area contributed by atoms with Gasteiger partial charge in [-0.2, -0.15) is 0 Å². The van der Waals surface area contributed by atoms with Crippen molar-refractivity contribution in [1.29, 1.82) is 0 Å². The smallest absolute Gasteiger partial charge is 0.270 e. The molecular weight excluding hydrogens is 238 g/mol. The van der Waals surface area contributed by atoms with Crippen molar-refractivity contribution < 1.29 is 4.79 Å². The van der Waals surface area contributed by atoms with Gasteiger partial charge in [0, 0.05) is 6.04 Å². The molecule has 1 unspecified atom stereocenters. The molecule has 0 radical (unpaired) electrons. The third kappa shape index (κ3) is 3.69. The van der Waals surface area contributed by atoms with Crippen molar-refractivity contribution in [3.05, 3.63) is 23.9 Å². The van der Waals surface area contributed by atoms with Gasteiger partial charge in [-0.15, -0.1) is 0 Å². The molecule has 0 aromatic carbocycles. The van der Waals surface area contributed by atoms with E-state index in [2.05, 4.69) is 17.2 Å². The van der Waals surface area contributed by atoms with E-state index < -0.39 is 0 Å². The van der Waals surface area contributed by atoms with Crippen molar-refractivity contribution in [3.8, 4) is 0 Å². The van der Waals surface area contributed by atoms with Crippen molar-refractivity contribution >= 4 is 11.7 Å². The van der Waals surface area contributed by atoms with E-state index in [-0.39, 0.29) is 11.9 Å². The topological polar surface area (TPSA) is 68.0 Å². The number of nitrogens with one attached hydrogen (secondary N) is 1. The van der Waals surface area contributed by atoms with Gasteiger partial charge in [0.05, 0.1) is 0 Å². The van der Waals surface area contributed by atoms with Crippen LogP contribution < -0.4 is 11.1 Å². The van der Waals surface area contributed by atoms with Crippen LogP contribution in [-0.2, 0) is 0 Å². The monoisotopic (exact) mass is 261 g/mol. The fourth-order valence-corrected chi connectivity index (χ4v) is 2.91. The lowest BCUT2D eigenvalue weighted by Gasteiger charge is -2.30. The summed E-state index contributed by atoms with van der Waals surface area (Å²) in [4.78, 5) is 16.3. The number of pyridine rings is 1. The number of anilines is 1. The minimum Gasteiger partial charge on any atom is -0.384 e. The van der Waals surface area contributed by atoms with Crippen LogP contribution in [-0.4, -0.2) is 16.9 Å². The second kappa shape index (κ2) is 6.55. The minimum atomic E-state index is -0.107. The van der Waals surface area contributed by atoms with E-state index in [1.165, 1.54) is 32.1 Å². The second-order valence-corrected chi connectivity index (χ2v) is 5.33. The number of aromatic nitrogens is 1. The number of nitrogens with zero attached hydrogens (tertiary/aromatic N) is 1. The normalized spacial score (nSPS) is 17.9. The predicted octanol–water partition coefficient (Wildman–Crippen LogP) is 2.75. The highest BCUT2D eigenvalue weighted by atomic mass is 16.1. The number of carbonyl (C=O) groups excluding carboxylic acids is 1. The number of hydrogen-bond acceptors (Lipinski definition) is 3. The van der Waals surface area contributed by atoms with Crippen LogP contribution in [0.3, 0.4) is 0 Å². The maximum Gasteiger partial charge on any atom is 0.270 e. The molecule has 1 saturated carbocycles. The largest absolute Gasteiger partial charge is 0.384 e. The number of carbonyl (C=O) groups is 1. The van der Waals surface area contributed by atoms with Gasteiger partial charge >= 0.3 is 0 Å². The Balaban J connectivity index is 1.99. The van der Waals surface area contributed by atoms with Gasteiger partial charge in [0.1, 0.15) is 11.5 Å². The molecule has 0 bridgehead atoms. The first kappa shape index (κ1) is 13.8. The molecule has 2 rings (SSSR count). The number of nitrogen functional groups attached to an aromatic ring is 1. The van der Waals surface area contributed by atoms with E-state index in [0.717, 1.165) is 6.42 Å². The minimum absolute atomic E-state index is 0.107. The van der Waals surface area contributed by atoms with E-state index in [1.807, 2.05) is 0 Å². The molecule has 4 heteroatoms. The lowest BCUT2D eigenvalue weighted by molar-refractivity contribution is 0.0906. The lowest BCUT2D eigenvalue weighted by atomic mass is 9.83. The Bertz CT molecular complexity index is 427. The van der Waals surface area contributed by atoms with E-state index in [0.29, 0.717) is 17.4 Å². The first-order valence-corrected chi connectivity index (χ1v) is 7.24. The summed E-state index contributed by atoms with van der Waals surface area (Å²) in [5.74, 6) is 0.895. The van der Waals surface area contributed by atoms with Crippen LogP contribution in [0.4, 0.5) is 5.82 Å². The van der Waals surface area contributed by atoms with Crippen LogP contribution in [0.15, 0.2) is 18.2 Å². The number of rotatable bonds is 4. The molecule has 19 heavy (non-hydrogen) atoms. The van der Waals surface area contributed by atoms with E-state index in [9.17, 15) is 4.79 Å². The van der Waals surface area contributed by atoms with Crippen molar-refractivity contribution in [3.63, 3.8) is 0 Å². The van der Waals surface area contributed by atoms with Gasteiger partial charge in [0.25, 0.3) is 5.91 Å². The summed E-state index contributed by atoms with van der Waals surface area (Å²) in [6, 6.07) is 5.42. The molecule has 1 aliphatic carbocycles.